The minimum Gasteiger partial charge on any atom is -0.0629 e. The minimum absolute atomic E-state index is 0.168. The van der Waals surface area contributed by atoms with Crippen LogP contribution in [0.3, 0.4) is 0 Å². The van der Waals surface area contributed by atoms with Crippen LogP contribution in [0.25, 0.3) is 0 Å². The summed E-state index contributed by atoms with van der Waals surface area (Å²) in [6.45, 7) is 14.3. The summed E-state index contributed by atoms with van der Waals surface area (Å²) in [5.41, 5.74) is 6.34. The standard InChI is InChI=1S/C25H32Si/c1-18(2)17-24-20(4)19(3)21(5)25(24,6)26(22-13-9-7-10-14-22)23-15-11-8-12-16-23/h7-16,18,26H,17H2,1-6H3. The van der Waals surface area contributed by atoms with E-state index in [0.717, 1.165) is 0 Å². The van der Waals surface area contributed by atoms with Crippen LogP contribution in [0.15, 0.2) is 83.0 Å². The van der Waals surface area contributed by atoms with Gasteiger partial charge in [0.25, 0.3) is 0 Å². The number of hydrogen-bond acceptors (Lipinski definition) is 0. The summed E-state index contributed by atoms with van der Waals surface area (Å²) in [6.07, 6.45) is 1.19. The second-order valence-electron chi connectivity index (χ2n) is 8.41. The average molecular weight is 361 g/mol. The van der Waals surface area contributed by atoms with Crippen molar-refractivity contribution in [3.05, 3.63) is 83.0 Å². The van der Waals surface area contributed by atoms with Gasteiger partial charge in [-0.1, -0.05) is 103 Å². The Kier molecular flexibility index (Phi) is 5.38. The molecule has 0 bridgehead atoms. The van der Waals surface area contributed by atoms with E-state index < -0.39 is 8.80 Å². The van der Waals surface area contributed by atoms with Gasteiger partial charge >= 0.3 is 0 Å². The van der Waals surface area contributed by atoms with Crippen LogP contribution in [0.1, 0.15) is 48.0 Å². The number of allylic oxidation sites excluding steroid dienone is 4. The molecular formula is C25H32Si. The zero-order valence-electron chi connectivity index (χ0n) is 17.1. The number of benzene rings is 2. The second-order valence-corrected chi connectivity index (χ2v) is 11.8. The summed E-state index contributed by atoms with van der Waals surface area (Å²) in [6, 6.07) is 22.6. The molecule has 2 aromatic carbocycles. The van der Waals surface area contributed by atoms with Gasteiger partial charge in [-0.05, 0) is 44.3 Å². The van der Waals surface area contributed by atoms with Crippen molar-refractivity contribution in [3.63, 3.8) is 0 Å². The molecule has 0 amide bonds. The fourth-order valence-corrected chi connectivity index (χ4v) is 9.09. The Labute approximate surface area is 161 Å². The van der Waals surface area contributed by atoms with E-state index in [4.69, 9.17) is 0 Å². The molecule has 0 aliphatic heterocycles. The van der Waals surface area contributed by atoms with Crippen LogP contribution in [0.2, 0.25) is 5.04 Å². The minimum atomic E-state index is -1.49. The van der Waals surface area contributed by atoms with E-state index >= 15 is 0 Å². The molecule has 1 aliphatic rings. The van der Waals surface area contributed by atoms with E-state index in [9.17, 15) is 0 Å². The predicted molar refractivity (Wildman–Crippen MR) is 118 cm³/mol. The molecule has 0 heterocycles. The normalized spacial score (nSPS) is 20.6. The van der Waals surface area contributed by atoms with Gasteiger partial charge in [-0.15, -0.1) is 0 Å². The third-order valence-electron chi connectivity index (χ3n) is 6.44. The van der Waals surface area contributed by atoms with Gasteiger partial charge in [-0.2, -0.15) is 0 Å². The highest BCUT2D eigenvalue weighted by Crippen LogP contribution is 2.56. The van der Waals surface area contributed by atoms with Crippen molar-refractivity contribution in [2.45, 2.75) is 53.0 Å². The van der Waals surface area contributed by atoms with Crippen molar-refractivity contribution in [2.75, 3.05) is 0 Å². The highest BCUT2D eigenvalue weighted by Gasteiger charge is 2.46. The third-order valence-corrected chi connectivity index (χ3v) is 10.5. The van der Waals surface area contributed by atoms with Gasteiger partial charge in [0.1, 0.15) is 8.80 Å². The number of hydrogen-bond donors (Lipinski definition) is 0. The smallest absolute Gasteiger partial charge is 0.0629 e. The Morgan fingerprint density at radius 3 is 1.65 bits per heavy atom. The maximum Gasteiger partial charge on any atom is 0.116 e. The van der Waals surface area contributed by atoms with E-state index in [1.165, 1.54) is 12.0 Å². The van der Waals surface area contributed by atoms with E-state index in [1.807, 2.05) is 0 Å². The zero-order chi connectivity index (χ0) is 18.9. The molecule has 0 saturated heterocycles. The summed E-state index contributed by atoms with van der Waals surface area (Å²) >= 11 is 0. The van der Waals surface area contributed by atoms with Gasteiger partial charge in [0, 0.05) is 5.04 Å². The third kappa shape index (κ3) is 3.14. The largest absolute Gasteiger partial charge is 0.116 e. The lowest BCUT2D eigenvalue weighted by molar-refractivity contribution is 0.603. The van der Waals surface area contributed by atoms with E-state index in [2.05, 4.69) is 102 Å². The molecule has 1 unspecified atom stereocenters. The van der Waals surface area contributed by atoms with Gasteiger partial charge in [0.2, 0.25) is 0 Å². The molecule has 1 heteroatoms. The van der Waals surface area contributed by atoms with Crippen LogP contribution >= 0.6 is 0 Å². The number of rotatable bonds is 5. The van der Waals surface area contributed by atoms with E-state index in [0.29, 0.717) is 5.92 Å². The van der Waals surface area contributed by atoms with E-state index in [-0.39, 0.29) is 5.04 Å². The van der Waals surface area contributed by atoms with Crippen molar-refractivity contribution < 1.29 is 0 Å². The van der Waals surface area contributed by atoms with Crippen molar-refractivity contribution in [2.24, 2.45) is 5.92 Å². The molecule has 26 heavy (non-hydrogen) atoms. The summed E-state index contributed by atoms with van der Waals surface area (Å²) in [5.74, 6) is 0.680. The maximum atomic E-state index is 2.54. The molecule has 0 spiro atoms. The maximum absolute atomic E-state index is 2.54. The topological polar surface area (TPSA) is 0 Å². The van der Waals surface area contributed by atoms with Crippen LogP contribution in [0.4, 0.5) is 0 Å². The highest BCUT2D eigenvalue weighted by atomic mass is 28.3. The van der Waals surface area contributed by atoms with Crippen LogP contribution in [0.5, 0.6) is 0 Å². The van der Waals surface area contributed by atoms with Crippen LogP contribution < -0.4 is 10.4 Å². The Morgan fingerprint density at radius 1 is 0.769 bits per heavy atom. The highest BCUT2D eigenvalue weighted by molar-refractivity contribution is 6.88. The quantitative estimate of drug-likeness (QED) is 0.618. The monoisotopic (exact) mass is 360 g/mol. The SMILES string of the molecule is CC1=C(C)C(C)([SiH](c2ccccc2)c2ccccc2)C(CC(C)C)=C1C. The fourth-order valence-electron chi connectivity index (χ4n) is 4.83. The molecule has 136 valence electrons. The first-order valence-corrected chi connectivity index (χ1v) is 11.6. The lowest BCUT2D eigenvalue weighted by Crippen LogP contribution is -2.51. The Balaban J connectivity index is 2.25. The molecule has 1 atom stereocenters. The van der Waals surface area contributed by atoms with Gasteiger partial charge in [0.15, 0.2) is 0 Å². The molecule has 0 radical (unpaired) electrons. The molecule has 0 saturated carbocycles. The second kappa shape index (κ2) is 7.40. The average Bonchev–Trinajstić information content (AvgIpc) is 2.79. The molecule has 2 aromatic rings. The fraction of sp³-hybridized carbons (Fsp3) is 0.360. The van der Waals surface area contributed by atoms with Gasteiger partial charge in [0.05, 0.1) is 0 Å². The summed E-state index contributed by atoms with van der Waals surface area (Å²) in [7, 11) is -1.49. The molecule has 0 N–H and O–H groups in total. The molecule has 1 aliphatic carbocycles. The van der Waals surface area contributed by atoms with Gasteiger partial charge in [-0.25, -0.2) is 0 Å². The van der Waals surface area contributed by atoms with Crippen molar-refractivity contribution in [3.8, 4) is 0 Å². The molecule has 0 fully saturated rings. The molecule has 3 rings (SSSR count). The van der Waals surface area contributed by atoms with Gasteiger partial charge in [-0.3, -0.25) is 0 Å². The van der Waals surface area contributed by atoms with Crippen LogP contribution in [-0.4, -0.2) is 8.80 Å². The Morgan fingerprint density at radius 2 is 1.23 bits per heavy atom. The zero-order valence-corrected chi connectivity index (χ0v) is 18.3. The van der Waals surface area contributed by atoms with E-state index in [1.54, 1.807) is 27.1 Å². The Bertz CT molecular complexity index is 787. The van der Waals surface area contributed by atoms with Crippen molar-refractivity contribution in [1.29, 1.82) is 0 Å². The van der Waals surface area contributed by atoms with Crippen molar-refractivity contribution >= 4 is 19.2 Å². The molecule has 0 nitrogen and oxygen atoms in total. The Hall–Kier alpha value is -1.86. The summed E-state index contributed by atoms with van der Waals surface area (Å²) in [5, 5.41) is 3.26. The van der Waals surface area contributed by atoms with Gasteiger partial charge < -0.3 is 0 Å². The molecule has 0 aromatic heterocycles. The summed E-state index contributed by atoms with van der Waals surface area (Å²) in [4.78, 5) is 0. The first kappa shape index (κ1) is 18.9. The van der Waals surface area contributed by atoms with Crippen LogP contribution in [-0.2, 0) is 0 Å². The van der Waals surface area contributed by atoms with Crippen LogP contribution in [0, 0.1) is 5.92 Å². The first-order chi connectivity index (χ1) is 12.4. The predicted octanol–water partition coefficient (Wildman–Crippen LogP) is 5.50. The summed E-state index contributed by atoms with van der Waals surface area (Å²) < 4.78 is 0. The first-order valence-electron chi connectivity index (χ1n) is 9.85. The lowest BCUT2D eigenvalue weighted by Gasteiger charge is -2.39. The lowest BCUT2D eigenvalue weighted by atomic mass is 9.89. The van der Waals surface area contributed by atoms with Crippen molar-refractivity contribution in [1.82, 2.24) is 0 Å². The molecular weight excluding hydrogens is 328 g/mol.